The molecule has 2 aromatic rings. The molecule has 1 heterocycles. The summed E-state index contributed by atoms with van der Waals surface area (Å²) in [4.78, 5) is -0.0400. The van der Waals surface area contributed by atoms with Crippen LogP contribution in [0.4, 0.5) is 4.39 Å². The van der Waals surface area contributed by atoms with Gasteiger partial charge < -0.3 is 4.74 Å². The fourth-order valence-corrected chi connectivity index (χ4v) is 3.37. The highest BCUT2D eigenvalue weighted by Crippen LogP contribution is 2.42. The smallest absolute Gasteiger partial charge is 0.137 e. The number of fused-ring (bicyclic) bond motifs is 1. The van der Waals surface area contributed by atoms with Crippen molar-refractivity contribution >= 4 is 31.9 Å². The largest absolute Gasteiger partial charge is 0.492 e. The number of rotatable bonds is 2. The lowest BCUT2D eigenvalue weighted by atomic mass is 9.85. The molecule has 0 spiro atoms. The lowest BCUT2D eigenvalue weighted by Gasteiger charge is -2.18. The van der Waals surface area contributed by atoms with Gasteiger partial charge in [0, 0.05) is 11.0 Å². The minimum atomic E-state index is -0.248. The van der Waals surface area contributed by atoms with Gasteiger partial charge in [0.1, 0.15) is 11.6 Å². The van der Waals surface area contributed by atoms with Crippen molar-refractivity contribution in [3.05, 3.63) is 63.4 Å². The average Bonchev–Trinajstić information content (AvgIpc) is 2.76. The topological polar surface area (TPSA) is 9.23 Å². The van der Waals surface area contributed by atoms with Crippen molar-refractivity contribution in [3.8, 4) is 5.75 Å². The van der Waals surface area contributed by atoms with Crippen LogP contribution in [-0.4, -0.2) is 6.61 Å². The molecule has 4 heteroatoms. The summed E-state index contributed by atoms with van der Waals surface area (Å²) in [5.41, 5.74) is 3.23. The molecule has 0 radical (unpaired) electrons. The molecule has 110 valence electrons. The van der Waals surface area contributed by atoms with Crippen LogP contribution in [0.2, 0.25) is 0 Å². The maximum atomic E-state index is 13.7. The van der Waals surface area contributed by atoms with E-state index in [4.69, 9.17) is 4.74 Å². The number of alkyl halides is 1. The number of ether oxygens (including phenoxy) is 1. The summed E-state index contributed by atoms with van der Waals surface area (Å²) in [6, 6.07) is 11.4. The SMILES string of the molecule is CC1(C)COc2ccc(C(Br)c3ccc(Br)c(F)c3)cc21. The first kappa shape index (κ1) is 15.0. The Hall–Kier alpha value is -0.870. The van der Waals surface area contributed by atoms with E-state index in [2.05, 4.69) is 51.8 Å². The van der Waals surface area contributed by atoms with Crippen molar-refractivity contribution in [1.29, 1.82) is 0 Å². The molecule has 0 aromatic heterocycles. The van der Waals surface area contributed by atoms with Crippen LogP contribution in [0.3, 0.4) is 0 Å². The van der Waals surface area contributed by atoms with Gasteiger partial charge in [-0.2, -0.15) is 0 Å². The van der Waals surface area contributed by atoms with E-state index in [1.165, 1.54) is 5.56 Å². The van der Waals surface area contributed by atoms with Crippen LogP contribution in [0.5, 0.6) is 5.75 Å². The zero-order chi connectivity index (χ0) is 15.2. The standard InChI is InChI=1S/C17H15Br2FO/c1-17(2)9-21-15-6-4-10(7-12(15)17)16(19)11-3-5-13(18)14(20)8-11/h3-8,16H,9H2,1-2H3. The molecule has 0 N–H and O–H groups in total. The summed E-state index contributed by atoms with van der Waals surface area (Å²) < 4.78 is 19.9. The minimum absolute atomic E-state index is 0.0169. The van der Waals surface area contributed by atoms with E-state index in [0.29, 0.717) is 11.1 Å². The Bertz CT molecular complexity index is 697. The Morgan fingerprint density at radius 3 is 2.52 bits per heavy atom. The Labute approximate surface area is 140 Å². The lowest BCUT2D eigenvalue weighted by molar-refractivity contribution is 0.291. The maximum Gasteiger partial charge on any atom is 0.137 e. The maximum absolute atomic E-state index is 13.7. The summed E-state index contributed by atoms with van der Waals surface area (Å²) in [7, 11) is 0. The van der Waals surface area contributed by atoms with E-state index in [1.807, 2.05) is 18.2 Å². The summed E-state index contributed by atoms with van der Waals surface area (Å²) in [6.07, 6.45) is 0. The van der Waals surface area contributed by atoms with Gasteiger partial charge in [-0.05, 0) is 51.3 Å². The van der Waals surface area contributed by atoms with Gasteiger partial charge in [0.25, 0.3) is 0 Å². The summed E-state index contributed by atoms with van der Waals surface area (Å²) in [6.45, 7) is 5.04. The zero-order valence-corrected chi connectivity index (χ0v) is 15.0. The lowest BCUT2D eigenvalue weighted by Crippen LogP contribution is -2.18. The van der Waals surface area contributed by atoms with Gasteiger partial charge in [-0.1, -0.05) is 41.9 Å². The van der Waals surface area contributed by atoms with Gasteiger partial charge in [0.15, 0.2) is 0 Å². The predicted molar refractivity (Wildman–Crippen MR) is 89.8 cm³/mol. The van der Waals surface area contributed by atoms with Crippen molar-refractivity contribution in [1.82, 2.24) is 0 Å². The predicted octanol–water partition coefficient (Wildman–Crippen LogP) is 5.74. The molecule has 0 fully saturated rings. The molecule has 1 nitrogen and oxygen atoms in total. The van der Waals surface area contributed by atoms with Gasteiger partial charge in [0.05, 0.1) is 15.9 Å². The first-order chi connectivity index (χ1) is 9.88. The third-order valence-electron chi connectivity index (χ3n) is 3.85. The Balaban J connectivity index is 1.99. The first-order valence-corrected chi connectivity index (χ1v) is 8.45. The summed E-state index contributed by atoms with van der Waals surface area (Å²) in [5.74, 6) is 0.701. The second-order valence-corrected chi connectivity index (χ2v) is 7.73. The number of hydrogen-bond acceptors (Lipinski definition) is 1. The number of benzene rings is 2. The van der Waals surface area contributed by atoms with Crippen molar-refractivity contribution in [2.45, 2.75) is 24.1 Å². The molecule has 1 aliphatic heterocycles. The van der Waals surface area contributed by atoms with E-state index in [-0.39, 0.29) is 16.1 Å². The molecule has 0 saturated heterocycles. The Morgan fingerprint density at radius 2 is 1.81 bits per heavy atom. The molecular weight excluding hydrogens is 399 g/mol. The highest BCUT2D eigenvalue weighted by Gasteiger charge is 2.32. The van der Waals surface area contributed by atoms with E-state index in [0.717, 1.165) is 16.9 Å². The second kappa shape index (κ2) is 5.40. The summed E-state index contributed by atoms with van der Waals surface area (Å²) in [5, 5.41) is 0. The Morgan fingerprint density at radius 1 is 1.14 bits per heavy atom. The molecule has 2 aromatic carbocycles. The number of halogens is 3. The molecule has 0 saturated carbocycles. The highest BCUT2D eigenvalue weighted by molar-refractivity contribution is 9.10. The van der Waals surface area contributed by atoms with E-state index in [1.54, 1.807) is 12.1 Å². The van der Waals surface area contributed by atoms with Crippen LogP contribution in [0.1, 0.15) is 35.4 Å². The van der Waals surface area contributed by atoms with Crippen molar-refractivity contribution in [2.75, 3.05) is 6.61 Å². The normalized spacial score (nSPS) is 17.2. The van der Waals surface area contributed by atoms with Gasteiger partial charge in [-0.25, -0.2) is 4.39 Å². The van der Waals surface area contributed by atoms with Crippen LogP contribution < -0.4 is 4.74 Å². The fourth-order valence-electron chi connectivity index (χ4n) is 2.56. The molecule has 1 aliphatic rings. The van der Waals surface area contributed by atoms with Crippen LogP contribution in [0, 0.1) is 5.82 Å². The van der Waals surface area contributed by atoms with Crippen molar-refractivity contribution < 1.29 is 9.13 Å². The van der Waals surface area contributed by atoms with Crippen molar-refractivity contribution in [3.63, 3.8) is 0 Å². The zero-order valence-electron chi connectivity index (χ0n) is 11.8. The highest BCUT2D eigenvalue weighted by atomic mass is 79.9. The van der Waals surface area contributed by atoms with Crippen molar-refractivity contribution in [2.24, 2.45) is 0 Å². The van der Waals surface area contributed by atoms with Gasteiger partial charge in [0.2, 0.25) is 0 Å². The van der Waals surface area contributed by atoms with Crippen LogP contribution in [0.15, 0.2) is 40.9 Å². The molecule has 21 heavy (non-hydrogen) atoms. The fraction of sp³-hybridized carbons (Fsp3) is 0.294. The van der Waals surface area contributed by atoms with Crippen LogP contribution in [0.25, 0.3) is 0 Å². The third-order valence-corrected chi connectivity index (χ3v) is 5.55. The molecule has 0 aliphatic carbocycles. The van der Waals surface area contributed by atoms with E-state index < -0.39 is 0 Å². The Kier molecular flexibility index (Phi) is 3.87. The molecule has 1 unspecified atom stereocenters. The molecular formula is C17H15Br2FO. The second-order valence-electron chi connectivity index (χ2n) is 5.96. The third kappa shape index (κ3) is 2.76. The number of hydrogen-bond donors (Lipinski definition) is 0. The summed E-state index contributed by atoms with van der Waals surface area (Å²) >= 11 is 6.86. The quantitative estimate of drug-likeness (QED) is 0.570. The van der Waals surface area contributed by atoms with Crippen LogP contribution in [-0.2, 0) is 5.41 Å². The van der Waals surface area contributed by atoms with Crippen LogP contribution >= 0.6 is 31.9 Å². The average molecular weight is 414 g/mol. The molecule has 0 amide bonds. The van der Waals surface area contributed by atoms with E-state index in [9.17, 15) is 4.39 Å². The molecule has 1 atom stereocenters. The minimum Gasteiger partial charge on any atom is -0.492 e. The monoisotopic (exact) mass is 412 g/mol. The molecule has 3 rings (SSSR count). The van der Waals surface area contributed by atoms with Gasteiger partial charge in [-0.15, -0.1) is 0 Å². The molecule has 0 bridgehead atoms. The van der Waals surface area contributed by atoms with Gasteiger partial charge >= 0.3 is 0 Å². The van der Waals surface area contributed by atoms with E-state index >= 15 is 0 Å². The first-order valence-electron chi connectivity index (χ1n) is 6.75. The van der Waals surface area contributed by atoms with Gasteiger partial charge in [-0.3, -0.25) is 0 Å².